The summed E-state index contributed by atoms with van der Waals surface area (Å²) < 4.78 is 5.52. The van der Waals surface area contributed by atoms with E-state index in [1.165, 1.54) is 12.8 Å². The van der Waals surface area contributed by atoms with Gasteiger partial charge in [-0.25, -0.2) is 0 Å². The Balaban J connectivity index is 1.82. The predicted octanol–water partition coefficient (Wildman–Crippen LogP) is 1.61. The second kappa shape index (κ2) is 5.87. The fourth-order valence-corrected chi connectivity index (χ4v) is 1.76. The zero-order valence-electron chi connectivity index (χ0n) is 10.7. The molecule has 0 spiro atoms. The number of nitrogens with one attached hydrogen (secondary N) is 1. The fraction of sp³-hybridized carbons (Fsp3) is 0.500. The molecular formula is C14H20N2O2. The molecule has 3 N–H and O–H groups in total. The number of amides is 1. The summed E-state index contributed by atoms with van der Waals surface area (Å²) in [6.45, 7) is 2.73. The van der Waals surface area contributed by atoms with E-state index in [-0.39, 0.29) is 18.6 Å². The van der Waals surface area contributed by atoms with E-state index in [1.807, 2.05) is 31.2 Å². The molecule has 0 bridgehead atoms. The van der Waals surface area contributed by atoms with Crippen molar-refractivity contribution in [3.05, 3.63) is 29.8 Å². The lowest BCUT2D eigenvalue weighted by Crippen LogP contribution is -2.30. The lowest BCUT2D eigenvalue weighted by molar-refractivity contribution is -0.123. The number of carbonyl (C=O) groups is 1. The largest absolute Gasteiger partial charge is 0.483 e. The molecule has 1 atom stereocenters. The van der Waals surface area contributed by atoms with Gasteiger partial charge in [-0.2, -0.15) is 0 Å². The molecule has 0 saturated heterocycles. The van der Waals surface area contributed by atoms with Crippen molar-refractivity contribution in [2.75, 3.05) is 13.2 Å². The van der Waals surface area contributed by atoms with E-state index >= 15 is 0 Å². The number of carbonyl (C=O) groups excluding carboxylic acids is 1. The predicted molar refractivity (Wildman–Crippen MR) is 70.3 cm³/mol. The molecule has 0 aliphatic heterocycles. The number of nitrogens with two attached hydrogens (primary N) is 1. The van der Waals surface area contributed by atoms with Gasteiger partial charge in [0.05, 0.1) is 0 Å². The molecule has 1 aliphatic rings. The highest BCUT2D eigenvalue weighted by Gasteiger charge is 2.21. The Morgan fingerprint density at radius 1 is 1.50 bits per heavy atom. The summed E-state index contributed by atoms with van der Waals surface area (Å²) in [6, 6.07) is 7.45. The molecule has 4 nitrogen and oxygen atoms in total. The Morgan fingerprint density at radius 2 is 2.22 bits per heavy atom. The third-order valence-corrected chi connectivity index (χ3v) is 3.05. The first kappa shape index (κ1) is 12.9. The molecule has 2 rings (SSSR count). The maximum absolute atomic E-state index is 11.6. The average molecular weight is 248 g/mol. The molecule has 0 radical (unpaired) electrons. The molecule has 98 valence electrons. The van der Waals surface area contributed by atoms with Crippen molar-refractivity contribution in [2.24, 2.45) is 11.7 Å². The van der Waals surface area contributed by atoms with Gasteiger partial charge in [-0.1, -0.05) is 18.2 Å². The first-order chi connectivity index (χ1) is 8.66. The second-order valence-electron chi connectivity index (χ2n) is 4.86. The first-order valence-corrected chi connectivity index (χ1v) is 6.41. The summed E-state index contributed by atoms with van der Waals surface area (Å²) in [5.41, 5.74) is 6.77. The normalized spacial score (nSPS) is 16.1. The van der Waals surface area contributed by atoms with Crippen LogP contribution in [0.2, 0.25) is 0 Å². The smallest absolute Gasteiger partial charge is 0.257 e. The number of para-hydroxylation sites is 1. The van der Waals surface area contributed by atoms with Crippen LogP contribution in [0.3, 0.4) is 0 Å². The summed E-state index contributed by atoms with van der Waals surface area (Å²) in [6.07, 6.45) is 2.46. The first-order valence-electron chi connectivity index (χ1n) is 6.41. The zero-order valence-corrected chi connectivity index (χ0v) is 10.7. The van der Waals surface area contributed by atoms with Crippen LogP contribution in [0.15, 0.2) is 24.3 Å². The summed E-state index contributed by atoms with van der Waals surface area (Å²) in [5, 5.41) is 2.87. The lowest BCUT2D eigenvalue weighted by atomic mass is 10.1. The van der Waals surface area contributed by atoms with Crippen LogP contribution < -0.4 is 15.8 Å². The Morgan fingerprint density at radius 3 is 2.89 bits per heavy atom. The van der Waals surface area contributed by atoms with Crippen LogP contribution in [0.1, 0.15) is 31.4 Å². The molecule has 1 aromatic carbocycles. The summed E-state index contributed by atoms with van der Waals surface area (Å²) in [7, 11) is 0. The van der Waals surface area contributed by atoms with Crippen molar-refractivity contribution in [3.63, 3.8) is 0 Å². The molecular weight excluding hydrogens is 228 g/mol. The van der Waals surface area contributed by atoms with Crippen LogP contribution in [0.25, 0.3) is 0 Å². The van der Waals surface area contributed by atoms with E-state index in [1.54, 1.807) is 0 Å². The maximum Gasteiger partial charge on any atom is 0.257 e. The molecule has 1 amide bonds. The van der Waals surface area contributed by atoms with Crippen molar-refractivity contribution in [1.82, 2.24) is 5.32 Å². The van der Waals surface area contributed by atoms with Gasteiger partial charge in [0.15, 0.2) is 6.61 Å². The van der Waals surface area contributed by atoms with Gasteiger partial charge in [-0.05, 0) is 31.7 Å². The van der Waals surface area contributed by atoms with Crippen LogP contribution in [0.5, 0.6) is 5.75 Å². The monoisotopic (exact) mass is 248 g/mol. The van der Waals surface area contributed by atoms with Gasteiger partial charge in [0, 0.05) is 18.2 Å². The minimum atomic E-state index is -0.101. The summed E-state index contributed by atoms with van der Waals surface area (Å²) in [5.74, 6) is 1.31. The zero-order chi connectivity index (χ0) is 13.0. The van der Waals surface area contributed by atoms with Crippen LogP contribution in [0.4, 0.5) is 0 Å². The van der Waals surface area contributed by atoms with E-state index in [9.17, 15) is 4.79 Å². The van der Waals surface area contributed by atoms with E-state index in [0.29, 0.717) is 11.7 Å². The van der Waals surface area contributed by atoms with Gasteiger partial charge >= 0.3 is 0 Å². The highest BCUT2D eigenvalue weighted by molar-refractivity contribution is 5.77. The highest BCUT2D eigenvalue weighted by atomic mass is 16.5. The number of benzene rings is 1. The van der Waals surface area contributed by atoms with Crippen LogP contribution in [-0.2, 0) is 4.79 Å². The Hall–Kier alpha value is -1.55. The van der Waals surface area contributed by atoms with Gasteiger partial charge < -0.3 is 15.8 Å². The third-order valence-electron chi connectivity index (χ3n) is 3.05. The molecule has 1 fully saturated rings. The van der Waals surface area contributed by atoms with Gasteiger partial charge in [0.25, 0.3) is 5.91 Å². The summed E-state index contributed by atoms with van der Waals surface area (Å²) in [4.78, 5) is 11.6. The van der Waals surface area contributed by atoms with Crippen molar-refractivity contribution in [3.8, 4) is 5.75 Å². The van der Waals surface area contributed by atoms with E-state index < -0.39 is 0 Å². The van der Waals surface area contributed by atoms with Crippen LogP contribution in [0, 0.1) is 5.92 Å². The van der Waals surface area contributed by atoms with Crippen molar-refractivity contribution in [1.29, 1.82) is 0 Å². The molecule has 1 saturated carbocycles. The van der Waals surface area contributed by atoms with Crippen molar-refractivity contribution in [2.45, 2.75) is 25.8 Å². The van der Waals surface area contributed by atoms with Gasteiger partial charge in [-0.15, -0.1) is 0 Å². The second-order valence-corrected chi connectivity index (χ2v) is 4.86. The topological polar surface area (TPSA) is 64.3 Å². The van der Waals surface area contributed by atoms with Crippen molar-refractivity contribution < 1.29 is 9.53 Å². The highest BCUT2D eigenvalue weighted by Crippen LogP contribution is 2.27. The summed E-state index contributed by atoms with van der Waals surface area (Å²) >= 11 is 0. The van der Waals surface area contributed by atoms with E-state index in [4.69, 9.17) is 10.5 Å². The Kier molecular flexibility index (Phi) is 4.20. The van der Waals surface area contributed by atoms with Gasteiger partial charge in [0.1, 0.15) is 5.75 Å². The van der Waals surface area contributed by atoms with E-state index in [0.717, 1.165) is 12.1 Å². The van der Waals surface area contributed by atoms with Crippen LogP contribution >= 0.6 is 0 Å². The molecule has 4 heteroatoms. The SMILES string of the molecule is C[C@@H](N)c1ccccc1OCC(=O)NCC1CC1. The number of rotatable bonds is 6. The fourth-order valence-electron chi connectivity index (χ4n) is 1.76. The molecule has 0 aromatic heterocycles. The number of hydrogen-bond acceptors (Lipinski definition) is 3. The minimum Gasteiger partial charge on any atom is -0.483 e. The third kappa shape index (κ3) is 3.74. The number of ether oxygens (including phenoxy) is 1. The lowest BCUT2D eigenvalue weighted by Gasteiger charge is -2.13. The standard InChI is InChI=1S/C14H20N2O2/c1-10(15)12-4-2-3-5-13(12)18-9-14(17)16-8-11-6-7-11/h2-5,10-11H,6-9,15H2,1H3,(H,16,17)/t10-/m1/s1. The molecule has 18 heavy (non-hydrogen) atoms. The van der Waals surface area contributed by atoms with Gasteiger partial charge in [-0.3, -0.25) is 4.79 Å². The number of hydrogen-bond donors (Lipinski definition) is 2. The van der Waals surface area contributed by atoms with E-state index in [2.05, 4.69) is 5.32 Å². The molecule has 0 unspecified atom stereocenters. The molecule has 0 heterocycles. The van der Waals surface area contributed by atoms with Gasteiger partial charge in [0.2, 0.25) is 0 Å². The Bertz CT molecular complexity index is 414. The van der Waals surface area contributed by atoms with Crippen molar-refractivity contribution >= 4 is 5.91 Å². The quantitative estimate of drug-likeness (QED) is 0.804. The molecule has 1 aliphatic carbocycles. The maximum atomic E-state index is 11.6. The van der Waals surface area contributed by atoms with Crippen LogP contribution in [-0.4, -0.2) is 19.1 Å². The molecule has 1 aromatic rings. The minimum absolute atomic E-state index is 0.0520. The average Bonchev–Trinajstić information content (AvgIpc) is 3.18. The Labute approximate surface area is 108 Å².